The number of nitriles is 1. The van der Waals surface area contributed by atoms with Crippen LogP contribution in [0.5, 0.6) is 5.75 Å². The average Bonchev–Trinajstić information content (AvgIpc) is 2.36. The van der Waals surface area contributed by atoms with Crippen LogP contribution in [-0.4, -0.2) is 12.1 Å². The molecule has 0 aliphatic rings. The third-order valence-corrected chi connectivity index (χ3v) is 2.55. The highest BCUT2D eigenvalue weighted by Crippen LogP contribution is 2.37. The first-order valence-corrected chi connectivity index (χ1v) is 6.23. The summed E-state index contributed by atoms with van der Waals surface area (Å²) in [5.74, 6) is -0.320. The maximum Gasteiger partial charge on any atom is 0.419 e. The molecule has 3 nitrogen and oxygen atoms in total. The van der Waals surface area contributed by atoms with Crippen LogP contribution in [0.15, 0.2) is 18.2 Å². The average molecular weight is 286 g/mol. The first-order chi connectivity index (χ1) is 9.24. The van der Waals surface area contributed by atoms with Crippen molar-refractivity contribution in [2.75, 3.05) is 0 Å². The van der Waals surface area contributed by atoms with Crippen LogP contribution in [0.25, 0.3) is 0 Å². The number of nitrogens with zero attached hydrogens (tertiary/aromatic N) is 1. The molecule has 1 N–H and O–H groups in total. The summed E-state index contributed by atoms with van der Waals surface area (Å²) in [5, 5.41) is 11.7. The van der Waals surface area contributed by atoms with Gasteiger partial charge in [0.05, 0.1) is 5.56 Å². The minimum absolute atomic E-state index is 0.180. The van der Waals surface area contributed by atoms with Crippen LogP contribution < -0.4 is 10.1 Å². The smallest absolute Gasteiger partial charge is 0.419 e. The Morgan fingerprint density at radius 1 is 1.30 bits per heavy atom. The van der Waals surface area contributed by atoms with E-state index in [4.69, 9.17) is 10.00 Å². The van der Waals surface area contributed by atoms with Crippen LogP contribution in [-0.2, 0) is 12.7 Å². The van der Waals surface area contributed by atoms with E-state index < -0.39 is 17.8 Å². The van der Waals surface area contributed by atoms with Gasteiger partial charge in [0.1, 0.15) is 11.8 Å². The topological polar surface area (TPSA) is 45.0 Å². The Kier molecular flexibility index (Phi) is 5.40. The highest BCUT2D eigenvalue weighted by molar-refractivity contribution is 5.39. The molecule has 0 heterocycles. The van der Waals surface area contributed by atoms with Crippen molar-refractivity contribution in [2.45, 2.75) is 45.6 Å². The van der Waals surface area contributed by atoms with Crippen LogP contribution in [0.4, 0.5) is 13.2 Å². The van der Waals surface area contributed by atoms with Gasteiger partial charge in [-0.2, -0.15) is 18.4 Å². The number of nitrogens with one attached hydrogen (secondary N) is 1. The molecule has 1 aromatic carbocycles. The summed E-state index contributed by atoms with van der Waals surface area (Å²) in [7, 11) is 0. The van der Waals surface area contributed by atoms with Gasteiger partial charge in [0.25, 0.3) is 0 Å². The van der Waals surface area contributed by atoms with E-state index in [1.165, 1.54) is 13.0 Å². The van der Waals surface area contributed by atoms with E-state index in [2.05, 4.69) is 5.32 Å². The summed E-state index contributed by atoms with van der Waals surface area (Å²) in [6.07, 6.45) is -5.45. The van der Waals surface area contributed by atoms with Crippen molar-refractivity contribution < 1.29 is 17.9 Å². The Morgan fingerprint density at radius 2 is 1.95 bits per heavy atom. The number of hydrogen-bond acceptors (Lipinski definition) is 3. The Bertz CT molecular complexity index is 492. The molecule has 0 bridgehead atoms. The van der Waals surface area contributed by atoms with Crippen molar-refractivity contribution in [3.8, 4) is 11.8 Å². The van der Waals surface area contributed by atoms with E-state index in [0.717, 1.165) is 6.07 Å². The number of rotatable bonds is 5. The van der Waals surface area contributed by atoms with Gasteiger partial charge in [-0.15, -0.1) is 0 Å². The van der Waals surface area contributed by atoms with Gasteiger partial charge in [-0.25, -0.2) is 0 Å². The lowest BCUT2D eigenvalue weighted by Crippen LogP contribution is -2.22. The highest BCUT2D eigenvalue weighted by Gasteiger charge is 2.35. The Balaban J connectivity index is 3.05. The maximum atomic E-state index is 13.0. The summed E-state index contributed by atoms with van der Waals surface area (Å²) in [6.45, 7) is 5.57. The lowest BCUT2D eigenvalue weighted by molar-refractivity contribution is -0.139. The van der Waals surface area contributed by atoms with Gasteiger partial charge in [-0.05, 0) is 24.6 Å². The fourth-order valence-corrected chi connectivity index (χ4v) is 1.55. The normalized spacial score (nSPS) is 13.1. The van der Waals surface area contributed by atoms with Crippen LogP contribution in [0.1, 0.15) is 31.9 Å². The monoisotopic (exact) mass is 286 g/mol. The second-order valence-corrected chi connectivity index (χ2v) is 4.75. The Morgan fingerprint density at radius 3 is 2.45 bits per heavy atom. The van der Waals surface area contributed by atoms with Gasteiger partial charge in [-0.1, -0.05) is 19.9 Å². The summed E-state index contributed by atoms with van der Waals surface area (Å²) < 4.78 is 44.0. The highest BCUT2D eigenvalue weighted by atomic mass is 19.4. The molecule has 0 saturated heterocycles. The molecule has 1 atom stereocenters. The Labute approximate surface area is 116 Å². The minimum Gasteiger partial charge on any atom is -0.475 e. The molecular formula is C14H17F3N2O. The third-order valence-electron chi connectivity index (χ3n) is 2.55. The molecule has 0 saturated carbocycles. The molecule has 110 valence electrons. The molecular weight excluding hydrogens is 269 g/mol. The van der Waals surface area contributed by atoms with Crippen molar-refractivity contribution in [3.05, 3.63) is 29.3 Å². The molecule has 0 aromatic heterocycles. The largest absolute Gasteiger partial charge is 0.475 e. The van der Waals surface area contributed by atoms with Crippen LogP contribution in [0.3, 0.4) is 0 Å². The molecule has 0 fully saturated rings. The fourth-order valence-electron chi connectivity index (χ4n) is 1.55. The molecule has 0 aliphatic heterocycles. The van der Waals surface area contributed by atoms with Gasteiger partial charge in [0, 0.05) is 12.6 Å². The number of ether oxygens (including phenoxy) is 1. The van der Waals surface area contributed by atoms with Crippen molar-refractivity contribution >= 4 is 0 Å². The zero-order chi connectivity index (χ0) is 15.3. The van der Waals surface area contributed by atoms with Gasteiger partial charge in [-0.3, -0.25) is 0 Å². The number of benzene rings is 1. The number of alkyl halides is 3. The van der Waals surface area contributed by atoms with E-state index in [0.29, 0.717) is 12.1 Å². The number of hydrogen-bond donors (Lipinski definition) is 1. The molecule has 6 heteroatoms. The molecule has 0 spiro atoms. The van der Waals surface area contributed by atoms with E-state index in [9.17, 15) is 13.2 Å². The predicted molar refractivity (Wildman–Crippen MR) is 69.1 cm³/mol. The third kappa shape index (κ3) is 4.74. The molecule has 1 rings (SSSR count). The van der Waals surface area contributed by atoms with E-state index in [1.54, 1.807) is 12.1 Å². The number of halogens is 3. The molecule has 1 aromatic rings. The van der Waals surface area contributed by atoms with Crippen molar-refractivity contribution in [1.82, 2.24) is 5.32 Å². The fraction of sp³-hybridized carbons (Fsp3) is 0.500. The molecule has 20 heavy (non-hydrogen) atoms. The van der Waals surface area contributed by atoms with E-state index in [-0.39, 0.29) is 11.8 Å². The summed E-state index contributed by atoms with van der Waals surface area (Å²) in [4.78, 5) is 0. The molecule has 1 unspecified atom stereocenters. The van der Waals surface area contributed by atoms with Gasteiger partial charge >= 0.3 is 6.18 Å². The molecule has 0 radical (unpaired) electrons. The predicted octanol–water partition coefficient (Wildman–Crippen LogP) is 3.49. The van der Waals surface area contributed by atoms with Crippen molar-refractivity contribution in [2.24, 2.45) is 0 Å². The first kappa shape index (κ1) is 16.3. The van der Waals surface area contributed by atoms with Crippen LogP contribution >= 0.6 is 0 Å². The van der Waals surface area contributed by atoms with Gasteiger partial charge < -0.3 is 10.1 Å². The second-order valence-electron chi connectivity index (χ2n) is 4.75. The zero-order valence-corrected chi connectivity index (χ0v) is 11.6. The summed E-state index contributed by atoms with van der Waals surface area (Å²) in [6, 6.07) is 5.79. The quantitative estimate of drug-likeness (QED) is 0.901. The van der Waals surface area contributed by atoms with Gasteiger partial charge in [0.15, 0.2) is 6.10 Å². The van der Waals surface area contributed by atoms with Crippen LogP contribution in [0.2, 0.25) is 0 Å². The van der Waals surface area contributed by atoms with Crippen LogP contribution in [0, 0.1) is 11.3 Å². The summed E-state index contributed by atoms with van der Waals surface area (Å²) in [5.41, 5.74) is -0.342. The Hall–Kier alpha value is -1.74. The minimum atomic E-state index is -4.52. The second kappa shape index (κ2) is 6.62. The summed E-state index contributed by atoms with van der Waals surface area (Å²) >= 11 is 0. The van der Waals surface area contributed by atoms with E-state index in [1.807, 2.05) is 13.8 Å². The maximum absolute atomic E-state index is 13.0. The SMILES string of the molecule is CC(C)NCc1ccc(OC(C)C#N)c(C(F)(F)F)c1. The molecule has 0 aliphatic carbocycles. The zero-order valence-electron chi connectivity index (χ0n) is 11.6. The van der Waals surface area contributed by atoms with Crippen molar-refractivity contribution in [1.29, 1.82) is 5.26 Å². The van der Waals surface area contributed by atoms with Gasteiger partial charge in [0.2, 0.25) is 0 Å². The standard InChI is InChI=1S/C14H17F3N2O/c1-9(2)19-8-11-4-5-13(20-10(3)7-18)12(6-11)14(15,16)17/h4-6,9-10,19H,8H2,1-3H3. The first-order valence-electron chi connectivity index (χ1n) is 6.23. The van der Waals surface area contributed by atoms with Crippen molar-refractivity contribution in [3.63, 3.8) is 0 Å². The molecule has 0 amide bonds. The lowest BCUT2D eigenvalue weighted by atomic mass is 10.1. The van der Waals surface area contributed by atoms with E-state index >= 15 is 0 Å². The lowest BCUT2D eigenvalue weighted by Gasteiger charge is -2.17.